The average molecular weight is 377 g/mol. The van der Waals surface area contributed by atoms with Gasteiger partial charge in [-0.15, -0.1) is 0 Å². The molecular weight excluding hydrogens is 344 g/mol. The highest BCUT2D eigenvalue weighted by Crippen LogP contribution is 2.37. The minimum Gasteiger partial charge on any atom is -0.343 e. The van der Waals surface area contributed by atoms with E-state index in [1.54, 1.807) is 0 Å². The van der Waals surface area contributed by atoms with E-state index < -0.39 is 0 Å². The fourth-order valence-corrected chi connectivity index (χ4v) is 4.66. The van der Waals surface area contributed by atoms with Gasteiger partial charge >= 0.3 is 0 Å². The second-order valence-corrected chi connectivity index (χ2v) is 8.31. The minimum atomic E-state index is 0.341. The topological polar surface area (TPSA) is 32.3 Å². The third-order valence-electron chi connectivity index (χ3n) is 6.37. The minimum absolute atomic E-state index is 0.341. The zero-order valence-corrected chi connectivity index (χ0v) is 17.0. The Morgan fingerprint density at radius 2 is 1.86 bits per heavy atom. The molecule has 0 spiro atoms. The van der Waals surface area contributed by atoms with E-state index in [1.165, 1.54) is 27.8 Å². The van der Waals surface area contributed by atoms with Gasteiger partial charge in [0.05, 0.1) is 0 Å². The number of rotatable bonds is 7. The molecule has 1 heterocycles. The molecule has 28 heavy (non-hydrogen) atoms. The number of likely N-dealkylation sites (tertiary alicyclic amines) is 1. The molecule has 3 heteroatoms. The van der Waals surface area contributed by atoms with Crippen LogP contribution in [0, 0.1) is 5.92 Å². The molecule has 1 amide bonds. The van der Waals surface area contributed by atoms with Crippen molar-refractivity contribution in [3.05, 3.63) is 59.2 Å². The van der Waals surface area contributed by atoms with Crippen LogP contribution in [0.2, 0.25) is 0 Å². The summed E-state index contributed by atoms with van der Waals surface area (Å²) in [6, 6.07) is 15.6. The Bertz CT molecular complexity index is 821. The molecule has 1 N–H and O–H groups in total. The fourth-order valence-electron chi connectivity index (χ4n) is 4.66. The summed E-state index contributed by atoms with van der Waals surface area (Å²) in [6.45, 7) is 6.15. The lowest BCUT2D eigenvalue weighted by Gasteiger charge is -2.32. The van der Waals surface area contributed by atoms with E-state index in [2.05, 4.69) is 59.6 Å². The predicted octanol–water partition coefficient (Wildman–Crippen LogP) is 4.43. The summed E-state index contributed by atoms with van der Waals surface area (Å²) in [5.74, 6) is 1.08. The Balaban J connectivity index is 1.26. The van der Waals surface area contributed by atoms with Crippen LogP contribution < -0.4 is 5.32 Å². The number of nitrogens with one attached hydrogen (secondary N) is 1. The van der Waals surface area contributed by atoms with Crippen LogP contribution in [-0.4, -0.2) is 37.0 Å². The van der Waals surface area contributed by atoms with E-state index in [-0.39, 0.29) is 0 Å². The van der Waals surface area contributed by atoms with Crippen LogP contribution in [0.4, 0.5) is 0 Å². The predicted molar refractivity (Wildman–Crippen MR) is 115 cm³/mol. The Hall–Kier alpha value is -2.13. The van der Waals surface area contributed by atoms with Gasteiger partial charge in [-0.1, -0.05) is 49.4 Å². The highest BCUT2D eigenvalue weighted by atomic mass is 16.2. The maximum atomic E-state index is 12.6. The molecule has 0 aromatic heterocycles. The maximum Gasteiger partial charge on any atom is 0.222 e. The van der Waals surface area contributed by atoms with Gasteiger partial charge in [-0.2, -0.15) is 0 Å². The van der Waals surface area contributed by atoms with Gasteiger partial charge in [0, 0.05) is 19.5 Å². The smallest absolute Gasteiger partial charge is 0.222 e. The SMILES string of the molecule is CCNCC1CCN(C(=O)CCCc2ccc3c(c2)-c2ccccc2C3)CC1. The van der Waals surface area contributed by atoms with Crippen LogP contribution in [0.1, 0.15) is 49.3 Å². The first kappa shape index (κ1) is 19.2. The molecule has 148 valence electrons. The summed E-state index contributed by atoms with van der Waals surface area (Å²) >= 11 is 0. The summed E-state index contributed by atoms with van der Waals surface area (Å²) < 4.78 is 0. The molecule has 2 aromatic rings. The molecule has 0 radical (unpaired) electrons. The second-order valence-electron chi connectivity index (χ2n) is 8.31. The quantitative estimate of drug-likeness (QED) is 0.662. The number of carbonyl (C=O) groups is 1. The Labute approximate surface area is 169 Å². The second kappa shape index (κ2) is 8.91. The largest absolute Gasteiger partial charge is 0.343 e. The lowest BCUT2D eigenvalue weighted by Crippen LogP contribution is -2.40. The Morgan fingerprint density at radius 3 is 2.68 bits per heavy atom. The van der Waals surface area contributed by atoms with Gasteiger partial charge in [0.1, 0.15) is 0 Å². The number of piperidine rings is 1. The van der Waals surface area contributed by atoms with Crippen LogP contribution >= 0.6 is 0 Å². The van der Waals surface area contributed by atoms with E-state index in [9.17, 15) is 4.79 Å². The van der Waals surface area contributed by atoms with Gasteiger partial charge in [0.2, 0.25) is 5.91 Å². The highest BCUT2D eigenvalue weighted by molar-refractivity contribution is 5.77. The molecule has 1 aliphatic carbocycles. The number of benzene rings is 2. The summed E-state index contributed by atoms with van der Waals surface area (Å²) in [5, 5.41) is 3.43. The van der Waals surface area contributed by atoms with Gasteiger partial charge in [-0.25, -0.2) is 0 Å². The summed E-state index contributed by atoms with van der Waals surface area (Å²) in [4.78, 5) is 14.7. The zero-order chi connectivity index (χ0) is 19.3. The van der Waals surface area contributed by atoms with E-state index in [1.807, 2.05) is 0 Å². The third kappa shape index (κ3) is 4.30. The van der Waals surface area contributed by atoms with E-state index >= 15 is 0 Å². The van der Waals surface area contributed by atoms with Gasteiger partial charge in [0.15, 0.2) is 0 Å². The Kier molecular flexibility index (Phi) is 6.11. The number of hydrogen-bond donors (Lipinski definition) is 1. The van der Waals surface area contributed by atoms with Crippen molar-refractivity contribution in [1.29, 1.82) is 0 Å². The lowest BCUT2D eigenvalue weighted by molar-refractivity contribution is -0.132. The van der Waals surface area contributed by atoms with Crippen molar-refractivity contribution in [3.8, 4) is 11.1 Å². The number of amides is 1. The van der Waals surface area contributed by atoms with Crippen molar-refractivity contribution < 1.29 is 4.79 Å². The van der Waals surface area contributed by atoms with Crippen LogP contribution in [0.25, 0.3) is 11.1 Å². The van der Waals surface area contributed by atoms with E-state index in [4.69, 9.17) is 0 Å². The average Bonchev–Trinajstić information content (AvgIpc) is 3.10. The molecule has 0 unspecified atom stereocenters. The van der Waals surface area contributed by atoms with Gasteiger partial charge in [0.25, 0.3) is 0 Å². The third-order valence-corrected chi connectivity index (χ3v) is 6.37. The fraction of sp³-hybridized carbons (Fsp3) is 0.480. The lowest BCUT2D eigenvalue weighted by atomic mass is 9.96. The highest BCUT2D eigenvalue weighted by Gasteiger charge is 2.22. The van der Waals surface area contributed by atoms with Crippen molar-refractivity contribution in [2.45, 2.75) is 45.4 Å². The normalized spacial score (nSPS) is 16.1. The first-order valence-corrected chi connectivity index (χ1v) is 10.9. The molecule has 4 rings (SSSR count). The zero-order valence-electron chi connectivity index (χ0n) is 17.0. The van der Waals surface area contributed by atoms with Gasteiger partial charge < -0.3 is 10.2 Å². The van der Waals surface area contributed by atoms with Crippen molar-refractivity contribution in [3.63, 3.8) is 0 Å². The molecule has 0 saturated carbocycles. The first-order valence-electron chi connectivity index (χ1n) is 10.9. The molecule has 1 fully saturated rings. The Morgan fingerprint density at radius 1 is 1.07 bits per heavy atom. The number of carbonyl (C=O) groups excluding carboxylic acids is 1. The van der Waals surface area contributed by atoms with E-state index in [0.29, 0.717) is 12.3 Å². The van der Waals surface area contributed by atoms with E-state index in [0.717, 1.165) is 64.2 Å². The molecule has 1 aliphatic heterocycles. The number of nitrogens with zero attached hydrogens (tertiary/aromatic N) is 1. The maximum absolute atomic E-state index is 12.6. The van der Waals surface area contributed by atoms with Crippen LogP contribution in [0.3, 0.4) is 0 Å². The summed E-state index contributed by atoms with van der Waals surface area (Å²) in [7, 11) is 0. The molecule has 1 saturated heterocycles. The van der Waals surface area contributed by atoms with Crippen LogP contribution in [0.15, 0.2) is 42.5 Å². The van der Waals surface area contributed by atoms with Gasteiger partial charge in [-0.3, -0.25) is 4.79 Å². The summed E-state index contributed by atoms with van der Waals surface area (Å²) in [6.07, 6.45) is 5.93. The monoisotopic (exact) mass is 376 g/mol. The molecule has 2 aromatic carbocycles. The first-order chi connectivity index (χ1) is 13.7. The molecular formula is C25H32N2O. The number of hydrogen-bond acceptors (Lipinski definition) is 2. The van der Waals surface area contributed by atoms with Crippen molar-refractivity contribution in [1.82, 2.24) is 10.2 Å². The molecule has 0 atom stereocenters. The van der Waals surface area contributed by atoms with Gasteiger partial charge in [-0.05, 0) is 78.9 Å². The van der Waals surface area contributed by atoms with Crippen LogP contribution in [0.5, 0.6) is 0 Å². The van der Waals surface area contributed by atoms with Crippen molar-refractivity contribution >= 4 is 5.91 Å². The molecule has 2 aliphatic rings. The van der Waals surface area contributed by atoms with Crippen molar-refractivity contribution in [2.24, 2.45) is 5.92 Å². The summed E-state index contributed by atoms with van der Waals surface area (Å²) in [5.41, 5.74) is 6.99. The number of fused-ring (bicyclic) bond motifs is 3. The molecule has 3 nitrogen and oxygen atoms in total. The molecule has 0 bridgehead atoms. The standard InChI is InChI=1S/C25H32N2O/c1-2-26-18-20-12-14-27(15-13-20)25(28)9-5-6-19-10-11-22-17-21-7-3-4-8-23(21)24(22)16-19/h3-4,7-8,10-11,16,20,26H,2,5-6,9,12-15,17-18H2,1H3. The van der Waals surface area contributed by atoms with Crippen LogP contribution in [-0.2, 0) is 17.6 Å². The van der Waals surface area contributed by atoms with Crippen molar-refractivity contribution in [2.75, 3.05) is 26.2 Å². The number of aryl methyl sites for hydroxylation is 1.